The summed E-state index contributed by atoms with van der Waals surface area (Å²) in [5.41, 5.74) is 1.77. The van der Waals surface area contributed by atoms with Gasteiger partial charge < -0.3 is 4.90 Å². The van der Waals surface area contributed by atoms with Crippen molar-refractivity contribution in [1.29, 1.82) is 0 Å². The first-order valence-corrected chi connectivity index (χ1v) is 15.2. The number of anilines is 2. The average Bonchev–Trinajstić information content (AvgIpc) is 3.52. The highest BCUT2D eigenvalue weighted by molar-refractivity contribution is 7.89. The summed E-state index contributed by atoms with van der Waals surface area (Å²) in [6.07, 6.45) is 6.42. The van der Waals surface area contributed by atoms with Crippen LogP contribution in [0, 0.1) is 0 Å². The molecule has 4 aromatic rings. The third kappa shape index (κ3) is 4.75. The van der Waals surface area contributed by atoms with Gasteiger partial charge in [0.15, 0.2) is 5.03 Å². The summed E-state index contributed by atoms with van der Waals surface area (Å²) in [6, 6.07) is 14.5. The zero-order valence-corrected chi connectivity index (χ0v) is 24.6. The van der Waals surface area contributed by atoms with Crippen LogP contribution >= 0.6 is 11.6 Å². The maximum Gasteiger partial charge on any atom is 0.260 e. The van der Waals surface area contributed by atoms with Crippen LogP contribution in [0.15, 0.2) is 78.5 Å². The molecule has 2 amide bonds. The fourth-order valence-electron chi connectivity index (χ4n) is 5.60. The summed E-state index contributed by atoms with van der Waals surface area (Å²) in [6.45, 7) is 4.08. The number of hydrogen-bond donors (Lipinski definition) is 0. The van der Waals surface area contributed by atoms with Gasteiger partial charge >= 0.3 is 0 Å². The van der Waals surface area contributed by atoms with E-state index in [1.165, 1.54) is 33.2 Å². The van der Waals surface area contributed by atoms with Gasteiger partial charge in [-0.25, -0.2) is 28.3 Å². The molecule has 1 unspecified atom stereocenters. The van der Waals surface area contributed by atoms with E-state index in [1.807, 2.05) is 24.3 Å². The van der Waals surface area contributed by atoms with E-state index in [0.29, 0.717) is 23.8 Å². The molecule has 0 spiro atoms. The summed E-state index contributed by atoms with van der Waals surface area (Å²) in [5.74, 6) is -0.228. The van der Waals surface area contributed by atoms with Crippen molar-refractivity contribution in [3.8, 4) is 11.1 Å². The van der Waals surface area contributed by atoms with Crippen molar-refractivity contribution in [1.82, 2.24) is 28.7 Å². The Bertz CT molecular complexity index is 1770. The Hall–Kier alpha value is -4.13. The Morgan fingerprint density at radius 2 is 1.67 bits per heavy atom. The van der Waals surface area contributed by atoms with E-state index in [-0.39, 0.29) is 42.3 Å². The minimum atomic E-state index is -4.06. The van der Waals surface area contributed by atoms with Gasteiger partial charge in [0.05, 0.1) is 11.9 Å². The molecule has 0 saturated carbocycles. The smallest absolute Gasteiger partial charge is 0.260 e. The van der Waals surface area contributed by atoms with E-state index >= 15 is 0 Å². The maximum atomic E-state index is 14.3. The first-order valence-electron chi connectivity index (χ1n) is 13.4. The minimum Gasteiger partial charge on any atom is -0.340 e. The van der Waals surface area contributed by atoms with Crippen LogP contribution in [0.2, 0.25) is 5.02 Å². The van der Waals surface area contributed by atoms with Crippen molar-refractivity contribution in [2.75, 3.05) is 31.1 Å². The van der Waals surface area contributed by atoms with E-state index in [9.17, 15) is 18.0 Å². The van der Waals surface area contributed by atoms with Crippen molar-refractivity contribution in [2.24, 2.45) is 0 Å². The van der Waals surface area contributed by atoms with Gasteiger partial charge in [-0.3, -0.25) is 14.2 Å². The molecule has 6 rings (SSSR count). The lowest BCUT2D eigenvalue weighted by atomic mass is 9.91. The number of carbonyl (C=O) groups is 2. The standard InChI is InChI=1S/C29H28ClN7O4S/c1-20(38)34-10-12-35(13-11-34)42(40,41)26-18-33-28-36(25-5-3-4-24(30)14-25)27(39)29(2,37(26)28)15-21-6-8-22(9-7-21)23-16-31-19-32-17-23/h3-9,14,16-19H,10-13,15H2,1-2H3. The van der Waals surface area contributed by atoms with Gasteiger partial charge in [-0.15, -0.1) is 0 Å². The Balaban J connectivity index is 1.41. The van der Waals surface area contributed by atoms with Crippen LogP contribution in [0.3, 0.4) is 0 Å². The fraction of sp³-hybridized carbons (Fsp3) is 0.276. The molecule has 1 fully saturated rings. The number of imidazole rings is 1. The van der Waals surface area contributed by atoms with E-state index in [0.717, 1.165) is 16.7 Å². The lowest BCUT2D eigenvalue weighted by Crippen LogP contribution is -2.50. The quantitative estimate of drug-likeness (QED) is 0.330. The number of hydrogen-bond acceptors (Lipinski definition) is 7. The Morgan fingerprint density at radius 3 is 2.31 bits per heavy atom. The molecule has 0 aliphatic carbocycles. The van der Waals surface area contributed by atoms with Gasteiger partial charge in [-0.05, 0) is 36.2 Å². The molecule has 1 atom stereocenters. The molecule has 0 radical (unpaired) electrons. The Morgan fingerprint density at radius 1 is 0.976 bits per heavy atom. The highest BCUT2D eigenvalue weighted by Gasteiger charge is 2.52. The number of benzene rings is 2. The average molecular weight is 606 g/mol. The molecule has 0 bridgehead atoms. The van der Waals surface area contributed by atoms with Crippen molar-refractivity contribution in [3.63, 3.8) is 0 Å². The normalized spacial score (nSPS) is 19.3. The van der Waals surface area contributed by atoms with Crippen molar-refractivity contribution >= 4 is 45.1 Å². The summed E-state index contributed by atoms with van der Waals surface area (Å²) in [4.78, 5) is 41.7. The van der Waals surface area contributed by atoms with Crippen LogP contribution in [0.4, 0.5) is 11.6 Å². The second kappa shape index (κ2) is 10.6. The van der Waals surface area contributed by atoms with Crippen molar-refractivity contribution in [3.05, 3.63) is 84.0 Å². The first-order chi connectivity index (χ1) is 20.1. The predicted octanol–water partition coefficient (Wildman–Crippen LogP) is 3.48. The van der Waals surface area contributed by atoms with Crippen LogP contribution in [0.25, 0.3) is 11.1 Å². The lowest BCUT2D eigenvalue weighted by molar-refractivity contribution is -0.130. The zero-order valence-electron chi connectivity index (χ0n) is 23.0. The number of sulfonamides is 1. The number of amides is 2. The zero-order chi connectivity index (χ0) is 29.6. The third-order valence-corrected chi connectivity index (χ3v) is 9.92. The molecule has 42 heavy (non-hydrogen) atoms. The third-order valence-electron chi connectivity index (χ3n) is 7.82. The van der Waals surface area contributed by atoms with Crippen molar-refractivity contribution in [2.45, 2.75) is 30.8 Å². The van der Waals surface area contributed by atoms with Crippen LogP contribution in [-0.2, 0) is 31.6 Å². The molecule has 216 valence electrons. The Kier molecular flexibility index (Phi) is 7.08. The predicted molar refractivity (Wildman–Crippen MR) is 157 cm³/mol. The van der Waals surface area contributed by atoms with E-state index in [4.69, 9.17) is 11.6 Å². The second-order valence-electron chi connectivity index (χ2n) is 10.5. The van der Waals surface area contributed by atoms with Crippen LogP contribution in [0.1, 0.15) is 19.4 Å². The fourth-order valence-corrected chi connectivity index (χ4v) is 7.39. The van der Waals surface area contributed by atoms with Crippen LogP contribution < -0.4 is 4.90 Å². The number of fused-ring (bicyclic) bond motifs is 1. The molecule has 4 heterocycles. The molecule has 11 nitrogen and oxygen atoms in total. The van der Waals surface area contributed by atoms with Crippen LogP contribution in [0.5, 0.6) is 0 Å². The monoisotopic (exact) mass is 605 g/mol. The van der Waals surface area contributed by atoms with E-state index in [2.05, 4.69) is 15.0 Å². The number of nitrogens with zero attached hydrogens (tertiary/aromatic N) is 7. The molecular weight excluding hydrogens is 578 g/mol. The van der Waals surface area contributed by atoms with Gasteiger partial charge in [-0.2, -0.15) is 4.31 Å². The minimum absolute atomic E-state index is 0.0767. The molecular formula is C29H28ClN7O4S. The molecule has 2 aliphatic rings. The van der Waals surface area contributed by atoms with Crippen LogP contribution in [-0.4, -0.2) is 75.1 Å². The highest BCUT2D eigenvalue weighted by atomic mass is 35.5. The summed E-state index contributed by atoms with van der Waals surface area (Å²) >= 11 is 6.27. The molecule has 2 aromatic carbocycles. The first kappa shape index (κ1) is 28.0. The highest BCUT2D eigenvalue weighted by Crippen LogP contribution is 2.44. The molecule has 13 heteroatoms. The van der Waals surface area contributed by atoms with Gasteiger partial charge in [0, 0.05) is 62.5 Å². The number of aromatic nitrogens is 4. The molecule has 1 saturated heterocycles. The molecule has 2 aliphatic heterocycles. The van der Waals surface area contributed by atoms with Gasteiger partial charge in [0.25, 0.3) is 15.9 Å². The summed E-state index contributed by atoms with van der Waals surface area (Å²) < 4.78 is 30.9. The molecule has 2 aromatic heterocycles. The summed E-state index contributed by atoms with van der Waals surface area (Å²) in [7, 11) is -4.06. The lowest BCUT2D eigenvalue weighted by Gasteiger charge is -2.34. The topological polar surface area (TPSA) is 122 Å². The summed E-state index contributed by atoms with van der Waals surface area (Å²) in [5, 5.41) is 0.357. The van der Waals surface area contributed by atoms with E-state index in [1.54, 1.807) is 48.5 Å². The number of halogens is 1. The molecule has 0 N–H and O–H groups in total. The maximum absolute atomic E-state index is 14.3. The van der Waals surface area contributed by atoms with Gasteiger partial charge in [0.1, 0.15) is 11.9 Å². The SMILES string of the molecule is CC(=O)N1CCN(S(=O)(=O)c2cnc3n2C(C)(Cc2ccc(-c4cncnc4)cc2)C(=O)N3c2cccc(Cl)c2)CC1. The number of carbonyl (C=O) groups excluding carboxylic acids is 2. The van der Waals surface area contributed by atoms with Gasteiger partial charge in [-0.1, -0.05) is 41.9 Å². The largest absolute Gasteiger partial charge is 0.340 e. The second-order valence-corrected chi connectivity index (χ2v) is 12.9. The van der Waals surface area contributed by atoms with Gasteiger partial charge in [0.2, 0.25) is 11.9 Å². The Labute approximate surface area is 248 Å². The number of rotatable bonds is 6. The van der Waals surface area contributed by atoms with E-state index < -0.39 is 15.6 Å². The number of piperazine rings is 1. The van der Waals surface area contributed by atoms with Crippen molar-refractivity contribution < 1.29 is 18.0 Å².